The van der Waals surface area contributed by atoms with E-state index in [0.717, 1.165) is 59.3 Å². The predicted molar refractivity (Wildman–Crippen MR) is 133 cm³/mol. The molecule has 2 saturated carbocycles. The monoisotopic (exact) mass is 445 g/mol. The zero-order valence-corrected chi connectivity index (χ0v) is 20.8. The molecular weight excluding hydrogens is 406 g/mol. The second-order valence-electron chi connectivity index (χ2n) is 11.6. The first-order chi connectivity index (χ1) is 15.8. The summed E-state index contributed by atoms with van der Waals surface area (Å²) in [5, 5.41) is 11.5. The number of nitrogens with zero attached hydrogens (tertiary/aromatic N) is 1. The van der Waals surface area contributed by atoms with Gasteiger partial charge < -0.3 is 5.11 Å². The molecule has 176 valence electrons. The minimum atomic E-state index is -0.492. The Labute approximate surface area is 199 Å². The van der Waals surface area contributed by atoms with Crippen molar-refractivity contribution in [1.82, 2.24) is 4.98 Å². The van der Waals surface area contributed by atoms with E-state index >= 15 is 0 Å². The van der Waals surface area contributed by atoms with E-state index < -0.39 is 6.10 Å². The van der Waals surface area contributed by atoms with Gasteiger partial charge in [0, 0.05) is 22.4 Å². The number of benzene rings is 1. The molecule has 5 rings (SSSR count). The van der Waals surface area contributed by atoms with Crippen LogP contribution in [0, 0.1) is 5.41 Å². The molecule has 1 atom stereocenters. The van der Waals surface area contributed by atoms with Crippen LogP contribution in [0.2, 0.25) is 0 Å². The van der Waals surface area contributed by atoms with Gasteiger partial charge in [0.2, 0.25) is 0 Å². The van der Waals surface area contributed by atoms with Gasteiger partial charge in [-0.2, -0.15) is 0 Å². The quantitative estimate of drug-likeness (QED) is 0.489. The zero-order valence-electron chi connectivity index (χ0n) is 20.8. The highest BCUT2D eigenvalue weighted by molar-refractivity contribution is 6.11. The van der Waals surface area contributed by atoms with Crippen molar-refractivity contribution in [2.75, 3.05) is 0 Å². The Morgan fingerprint density at radius 3 is 2.18 bits per heavy atom. The Balaban J connectivity index is 1.69. The molecule has 1 N–H and O–H groups in total. The summed E-state index contributed by atoms with van der Waals surface area (Å²) in [7, 11) is 0. The minimum absolute atomic E-state index is 0.0855. The zero-order chi connectivity index (χ0) is 23.3. The second kappa shape index (κ2) is 8.65. The van der Waals surface area contributed by atoms with Crippen molar-refractivity contribution in [2.24, 2.45) is 5.41 Å². The Kier molecular flexibility index (Phi) is 5.97. The fourth-order valence-corrected chi connectivity index (χ4v) is 6.65. The van der Waals surface area contributed by atoms with E-state index in [9.17, 15) is 9.90 Å². The lowest BCUT2D eigenvalue weighted by atomic mass is 9.59. The van der Waals surface area contributed by atoms with Crippen LogP contribution in [0.25, 0.3) is 0 Å². The van der Waals surface area contributed by atoms with Gasteiger partial charge in [-0.1, -0.05) is 71.2 Å². The number of aromatic nitrogens is 1. The number of hydrogen-bond donors (Lipinski definition) is 1. The third-order valence-electron chi connectivity index (χ3n) is 8.68. The largest absolute Gasteiger partial charge is 0.388 e. The topological polar surface area (TPSA) is 50.2 Å². The molecule has 1 spiro atoms. The highest BCUT2D eigenvalue weighted by Gasteiger charge is 2.46. The van der Waals surface area contributed by atoms with E-state index in [-0.39, 0.29) is 17.1 Å². The van der Waals surface area contributed by atoms with Gasteiger partial charge in [0.25, 0.3) is 0 Å². The van der Waals surface area contributed by atoms with Crippen molar-refractivity contribution in [2.45, 2.75) is 109 Å². The lowest BCUT2D eigenvalue weighted by molar-refractivity contribution is 0.0236. The number of ketones is 1. The van der Waals surface area contributed by atoms with Crippen LogP contribution in [0.3, 0.4) is 0 Å². The maximum atomic E-state index is 14.1. The lowest BCUT2D eigenvalue weighted by Crippen LogP contribution is -2.39. The summed E-state index contributed by atoms with van der Waals surface area (Å²) in [5.74, 6) is 1.05. The Hall–Kier alpha value is -2.00. The summed E-state index contributed by atoms with van der Waals surface area (Å²) >= 11 is 0. The van der Waals surface area contributed by atoms with Crippen LogP contribution in [0.4, 0.5) is 0 Å². The number of fused-ring (bicyclic) bond motifs is 1. The number of rotatable bonds is 5. The Bertz CT molecular complexity index is 1040. The van der Waals surface area contributed by atoms with E-state index in [1.54, 1.807) is 0 Å². The van der Waals surface area contributed by atoms with Gasteiger partial charge in [0.05, 0.1) is 11.8 Å². The normalized spacial score (nSPS) is 22.1. The number of carbonyl (C=O) groups is 1. The Morgan fingerprint density at radius 2 is 1.64 bits per heavy atom. The molecule has 3 aliphatic rings. The fraction of sp³-hybridized carbons (Fsp3) is 0.600. The number of carbonyl (C=O) groups excluding carboxylic acids is 1. The van der Waals surface area contributed by atoms with E-state index in [2.05, 4.69) is 39.8 Å². The molecule has 1 aromatic heterocycles. The maximum Gasteiger partial charge on any atom is 0.195 e. The van der Waals surface area contributed by atoms with Crippen LogP contribution in [0.1, 0.15) is 147 Å². The summed E-state index contributed by atoms with van der Waals surface area (Å²) in [6, 6.07) is 8.14. The molecule has 1 aromatic carbocycles. The molecule has 0 radical (unpaired) electrons. The molecule has 3 heteroatoms. The smallest absolute Gasteiger partial charge is 0.195 e. The van der Waals surface area contributed by atoms with Gasteiger partial charge in [-0.3, -0.25) is 9.78 Å². The van der Waals surface area contributed by atoms with Crippen LogP contribution in [0.5, 0.6) is 0 Å². The highest BCUT2D eigenvalue weighted by atomic mass is 16.3. The first-order valence-electron chi connectivity index (χ1n) is 13.2. The molecular formula is C30H39NO2. The van der Waals surface area contributed by atoms with Gasteiger partial charge >= 0.3 is 0 Å². The third-order valence-corrected chi connectivity index (χ3v) is 8.68. The maximum absolute atomic E-state index is 14.1. The van der Waals surface area contributed by atoms with Crippen LogP contribution in [-0.4, -0.2) is 15.9 Å². The van der Waals surface area contributed by atoms with E-state index in [0.29, 0.717) is 11.8 Å². The predicted octanol–water partition coefficient (Wildman–Crippen LogP) is 7.37. The van der Waals surface area contributed by atoms with Crippen LogP contribution in [-0.2, 0) is 6.42 Å². The molecule has 0 amide bonds. The molecule has 1 unspecified atom stereocenters. The third kappa shape index (κ3) is 3.97. The minimum Gasteiger partial charge on any atom is -0.388 e. The highest BCUT2D eigenvalue weighted by Crippen LogP contribution is 2.55. The van der Waals surface area contributed by atoms with Crippen molar-refractivity contribution in [1.29, 1.82) is 0 Å². The van der Waals surface area contributed by atoms with Gasteiger partial charge in [0.1, 0.15) is 0 Å². The van der Waals surface area contributed by atoms with Gasteiger partial charge in [-0.25, -0.2) is 0 Å². The molecule has 1 heterocycles. The number of aliphatic hydroxyl groups is 1. The molecule has 0 saturated heterocycles. The molecule has 2 aromatic rings. The first kappa shape index (κ1) is 22.8. The summed E-state index contributed by atoms with van der Waals surface area (Å²) in [6.45, 7) is 8.67. The van der Waals surface area contributed by atoms with Crippen molar-refractivity contribution >= 4 is 5.78 Å². The lowest BCUT2D eigenvalue weighted by Gasteiger charge is -2.47. The molecule has 33 heavy (non-hydrogen) atoms. The molecule has 2 fully saturated rings. The van der Waals surface area contributed by atoms with Crippen molar-refractivity contribution in [3.05, 3.63) is 63.5 Å². The van der Waals surface area contributed by atoms with Crippen molar-refractivity contribution in [3.8, 4) is 0 Å². The summed E-state index contributed by atoms with van der Waals surface area (Å²) in [4.78, 5) is 19.3. The van der Waals surface area contributed by atoms with Crippen molar-refractivity contribution < 1.29 is 9.90 Å². The van der Waals surface area contributed by atoms with Crippen LogP contribution in [0.15, 0.2) is 24.3 Å². The van der Waals surface area contributed by atoms with Gasteiger partial charge in [-0.05, 0) is 72.8 Å². The average Bonchev–Trinajstić information content (AvgIpc) is 3.30. The van der Waals surface area contributed by atoms with E-state index in [1.807, 2.05) is 12.1 Å². The molecule has 3 aliphatic carbocycles. The Morgan fingerprint density at radius 1 is 0.970 bits per heavy atom. The van der Waals surface area contributed by atoms with Crippen LogP contribution >= 0.6 is 0 Å². The summed E-state index contributed by atoms with van der Waals surface area (Å²) in [5.41, 5.74) is 7.23. The standard InChI is InChI=1S/C30H39NO2/c1-18(2)20-10-12-22(13-11-20)29(33)27-25(21-8-5-6-9-21)26-23(31-28(27)19(3)4)16-30(14-7-15-30)17-24(26)32/h10-13,18-19,21,24,32H,5-9,14-17H2,1-4H3. The van der Waals surface area contributed by atoms with Crippen LogP contribution < -0.4 is 0 Å². The fourth-order valence-electron chi connectivity index (χ4n) is 6.65. The number of pyridine rings is 1. The summed E-state index contributed by atoms with van der Waals surface area (Å²) in [6.07, 6.45) is 9.59. The summed E-state index contributed by atoms with van der Waals surface area (Å²) < 4.78 is 0. The van der Waals surface area contributed by atoms with Gasteiger partial charge in [0.15, 0.2) is 5.78 Å². The molecule has 0 bridgehead atoms. The SMILES string of the molecule is CC(C)c1ccc(C(=O)c2c(C(C)C)nc3c(c2C2CCCC2)C(O)CC2(CCC2)C3)cc1. The number of hydrogen-bond acceptors (Lipinski definition) is 3. The van der Waals surface area contributed by atoms with E-state index in [4.69, 9.17) is 4.98 Å². The average molecular weight is 446 g/mol. The van der Waals surface area contributed by atoms with E-state index in [1.165, 1.54) is 37.7 Å². The second-order valence-corrected chi connectivity index (χ2v) is 11.6. The molecule has 3 nitrogen and oxygen atoms in total. The molecule has 0 aliphatic heterocycles. The van der Waals surface area contributed by atoms with Gasteiger partial charge in [-0.15, -0.1) is 0 Å². The van der Waals surface area contributed by atoms with Crippen molar-refractivity contribution in [3.63, 3.8) is 0 Å². The first-order valence-corrected chi connectivity index (χ1v) is 13.2. The number of aliphatic hydroxyl groups excluding tert-OH is 1.